The van der Waals surface area contributed by atoms with Gasteiger partial charge in [-0.3, -0.25) is 0 Å². The molecule has 2 heteroatoms. The van der Waals surface area contributed by atoms with Crippen LogP contribution in [0.25, 0.3) is 0 Å². The van der Waals surface area contributed by atoms with E-state index in [0.717, 1.165) is 12.0 Å². The number of rotatable bonds is 3. The molecule has 0 aromatic heterocycles. The largest absolute Gasteiger partial charge is 0.385 e. The Morgan fingerprint density at radius 1 is 1.43 bits per heavy atom. The van der Waals surface area contributed by atoms with E-state index in [4.69, 9.17) is 11.6 Å². The van der Waals surface area contributed by atoms with Crippen LogP contribution >= 0.6 is 11.6 Å². The third-order valence-electron chi connectivity index (χ3n) is 2.99. The lowest BCUT2D eigenvalue weighted by Gasteiger charge is -2.30. The molecule has 0 aliphatic rings. The number of hydrogen-bond acceptors (Lipinski definition) is 1. The fraction of sp³-hybridized carbons (Fsp3) is 0.500. The highest BCUT2D eigenvalue weighted by atomic mass is 35.5. The number of hydrogen-bond donors (Lipinski definition) is 1. The van der Waals surface area contributed by atoms with E-state index in [0.29, 0.717) is 5.02 Å². The van der Waals surface area contributed by atoms with Crippen molar-refractivity contribution < 1.29 is 5.11 Å². The Morgan fingerprint density at radius 2 is 2.00 bits per heavy atom. The normalized spacial score (nSPS) is 17.5. The minimum absolute atomic E-state index is 0.197. The van der Waals surface area contributed by atoms with Crippen LogP contribution in [0.4, 0.5) is 0 Å². The van der Waals surface area contributed by atoms with E-state index in [1.54, 1.807) is 0 Å². The monoisotopic (exact) mass is 212 g/mol. The molecule has 0 heterocycles. The third-order valence-corrected chi connectivity index (χ3v) is 3.32. The maximum Gasteiger partial charge on any atom is 0.0908 e. The van der Waals surface area contributed by atoms with Gasteiger partial charge in [-0.05, 0) is 18.9 Å². The average Bonchev–Trinajstić information content (AvgIpc) is 2.17. The number of halogens is 1. The molecule has 0 aliphatic carbocycles. The summed E-state index contributed by atoms with van der Waals surface area (Å²) < 4.78 is 0. The van der Waals surface area contributed by atoms with E-state index in [1.807, 2.05) is 38.1 Å². The van der Waals surface area contributed by atoms with Gasteiger partial charge in [0.15, 0.2) is 0 Å². The Balaban J connectivity index is 3.09. The van der Waals surface area contributed by atoms with Crippen LogP contribution in [0.3, 0.4) is 0 Å². The molecule has 14 heavy (non-hydrogen) atoms. The van der Waals surface area contributed by atoms with Crippen LogP contribution in [0.5, 0.6) is 0 Å². The average molecular weight is 213 g/mol. The maximum atomic E-state index is 10.4. The molecule has 2 unspecified atom stereocenters. The smallest absolute Gasteiger partial charge is 0.0908 e. The summed E-state index contributed by atoms with van der Waals surface area (Å²) in [6, 6.07) is 7.47. The van der Waals surface area contributed by atoms with E-state index >= 15 is 0 Å². The lowest BCUT2D eigenvalue weighted by molar-refractivity contribution is 0.000123. The zero-order valence-electron chi connectivity index (χ0n) is 8.92. The predicted molar refractivity (Wildman–Crippen MR) is 60.5 cm³/mol. The molecule has 0 spiro atoms. The molecule has 0 saturated heterocycles. The van der Waals surface area contributed by atoms with Crippen molar-refractivity contribution in [1.82, 2.24) is 0 Å². The summed E-state index contributed by atoms with van der Waals surface area (Å²) in [7, 11) is 0. The minimum atomic E-state index is -0.840. The highest BCUT2D eigenvalue weighted by molar-refractivity contribution is 6.31. The van der Waals surface area contributed by atoms with Crippen molar-refractivity contribution in [1.29, 1.82) is 0 Å². The minimum Gasteiger partial charge on any atom is -0.385 e. The molecule has 0 radical (unpaired) electrons. The van der Waals surface area contributed by atoms with Crippen LogP contribution in [0.1, 0.15) is 32.8 Å². The topological polar surface area (TPSA) is 20.2 Å². The molecule has 0 bridgehead atoms. The van der Waals surface area contributed by atoms with Crippen LogP contribution < -0.4 is 0 Å². The zero-order chi connectivity index (χ0) is 10.8. The predicted octanol–water partition coefficient (Wildman–Crippen LogP) is 3.59. The molecular weight excluding hydrogens is 196 g/mol. The Bertz CT molecular complexity index is 307. The molecule has 1 aromatic rings. The number of benzene rings is 1. The molecule has 0 amide bonds. The summed E-state index contributed by atoms with van der Waals surface area (Å²) in [5.74, 6) is 0.197. The van der Waals surface area contributed by atoms with Crippen LogP contribution in [-0.4, -0.2) is 5.11 Å². The molecule has 1 N–H and O–H groups in total. The van der Waals surface area contributed by atoms with Crippen molar-refractivity contribution in [2.24, 2.45) is 5.92 Å². The van der Waals surface area contributed by atoms with Crippen molar-refractivity contribution in [3.8, 4) is 0 Å². The van der Waals surface area contributed by atoms with Crippen LogP contribution in [-0.2, 0) is 5.60 Å². The lowest BCUT2D eigenvalue weighted by atomic mass is 9.82. The Morgan fingerprint density at radius 3 is 2.50 bits per heavy atom. The summed E-state index contributed by atoms with van der Waals surface area (Å²) in [6.45, 7) is 5.92. The number of aliphatic hydroxyl groups is 1. The first kappa shape index (κ1) is 11.5. The second-order valence-corrected chi connectivity index (χ2v) is 4.34. The highest BCUT2D eigenvalue weighted by Gasteiger charge is 2.30. The molecule has 0 aliphatic heterocycles. The molecule has 1 aromatic carbocycles. The van der Waals surface area contributed by atoms with Gasteiger partial charge in [0.25, 0.3) is 0 Å². The SMILES string of the molecule is CCC(C)C(C)(O)c1ccccc1Cl. The van der Waals surface area contributed by atoms with E-state index in [1.165, 1.54) is 0 Å². The van der Waals surface area contributed by atoms with Gasteiger partial charge in [-0.25, -0.2) is 0 Å². The fourth-order valence-corrected chi connectivity index (χ4v) is 1.86. The third kappa shape index (κ3) is 2.10. The van der Waals surface area contributed by atoms with Gasteiger partial charge in [0, 0.05) is 10.6 Å². The van der Waals surface area contributed by atoms with Crippen LogP contribution in [0.15, 0.2) is 24.3 Å². The van der Waals surface area contributed by atoms with Crippen molar-refractivity contribution in [2.45, 2.75) is 32.8 Å². The first-order valence-corrected chi connectivity index (χ1v) is 5.35. The molecule has 2 atom stereocenters. The van der Waals surface area contributed by atoms with Gasteiger partial charge in [0.1, 0.15) is 0 Å². The second kappa shape index (κ2) is 4.33. The van der Waals surface area contributed by atoms with E-state index in [2.05, 4.69) is 6.92 Å². The Kier molecular flexibility index (Phi) is 3.57. The molecule has 1 rings (SSSR count). The first-order chi connectivity index (χ1) is 6.50. The molecule has 0 fully saturated rings. The molecular formula is C12H17ClO. The summed E-state index contributed by atoms with van der Waals surface area (Å²) in [5, 5.41) is 11.0. The second-order valence-electron chi connectivity index (χ2n) is 3.94. The van der Waals surface area contributed by atoms with Crippen LogP contribution in [0, 0.1) is 5.92 Å². The summed E-state index contributed by atoms with van der Waals surface area (Å²) in [6.07, 6.45) is 0.929. The van der Waals surface area contributed by atoms with Gasteiger partial charge in [0.05, 0.1) is 5.60 Å². The van der Waals surface area contributed by atoms with Gasteiger partial charge in [-0.15, -0.1) is 0 Å². The maximum absolute atomic E-state index is 10.4. The quantitative estimate of drug-likeness (QED) is 0.812. The van der Waals surface area contributed by atoms with E-state index in [-0.39, 0.29) is 5.92 Å². The van der Waals surface area contributed by atoms with Crippen LogP contribution in [0.2, 0.25) is 5.02 Å². The fourth-order valence-electron chi connectivity index (χ4n) is 1.53. The molecule has 1 nitrogen and oxygen atoms in total. The Labute approximate surface area is 90.7 Å². The van der Waals surface area contributed by atoms with Gasteiger partial charge in [-0.1, -0.05) is 50.1 Å². The standard InChI is InChI=1S/C12H17ClO/c1-4-9(2)12(3,14)10-7-5-6-8-11(10)13/h5-9,14H,4H2,1-3H3. The summed E-state index contributed by atoms with van der Waals surface area (Å²) in [4.78, 5) is 0. The molecule has 0 saturated carbocycles. The Hall–Kier alpha value is -0.530. The van der Waals surface area contributed by atoms with Crippen molar-refractivity contribution in [3.63, 3.8) is 0 Å². The molecule has 78 valence electrons. The van der Waals surface area contributed by atoms with Gasteiger partial charge in [-0.2, -0.15) is 0 Å². The van der Waals surface area contributed by atoms with Gasteiger partial charge >= 0.3 is 0 Å². The summed E-state index contributed by atoms with van der Waals surface area (Å²) >= 11 is 6.05. The van der Waals surface area contributed by atoms with Crippen molar-refractivity contribution >= 4 is 11.6 Å². The summed E-state index contributed by atoms with van der Waals surface area (Å²) in [5.41, 5.74) is -0.0244. The first-order valence-electron chi connectivity index (χ1n) is 4.97. The van der Waals surface area contributed by atoms with Crippen molar-refractivity contribution in [2.75, 3.05) is 0 Å². The highest BCUT2D eigenvalue weighted by Crippen LogP contribution is 2.35. The van der Waals surface area contributed by atoms with E-state index in [9.17, 15) is 5.11 Å². The van der Waals surface area contributed by atoms with Gasteiger partial charge < -0.3 is 5.11 Å². The van der Waals surface area contributed by atoms with Gasteiger partial charge in [0.2, 0.25) is 0 Å². The van der Waals surface area contributed by atoms with E-state index < -0.39 is 5.60 Å². The lowest BCUT2D eigenvalue weighted by Crippen LogP contribution is -2.29. The zero-order valence-corrected chi connectivity index (χ0v) is 9.67. The van der Waals surface area contributed by atoms with Crippen molar-refractivity contribution in [3.05, 3.63) is 34.9 Å².